The van der Waals surface area contributed by atoms with Crippen molar-refractivity contribution in [1.82, 2.24) is 29.3 Å². The van der Waals surface area contributed by atoms with Gasteiger partial charge in [0.1, 0.15) is 23.2 Å². The highest BCUT2D eigenvalue weighted by molar-refractivity contribution is 8.01. The zero-order valence-corrected chi connectivity index (χ0v) is 31.9. The van der Waals surface area contributed by atoms with Crippen LogP contribution in [0.2, 0.25) is 0 Å². The molecule has 11 nitrogen and oxygen atoms in total. The van der Waals surface area contributed by atoms with E-state index in [2.05, 4.69) is 29.3 Å². The third kappa shape index (κ3) is 18.5. The van der Waals surface area contributed by atoms with Crippen LogP contribution < -0.4 is 20.1 Å². The van der Waals surface area contributed by atoms with Gasteiger partial charge in [0.2, 0.25) is 11.8 Å². The van der Waals surface area contributed by atoms with Crippen LogP contribution in [0.15, 0.2) is 52.9 Å². The summed E-state index contributed by atoms with van der Waals surface area (Å²) in [7, 11) is 3.28. The van der Waals surface area contributed by atoms with E-state index in [4.69, 9.17) is 38.0 Å². The number of nitrogens with one attached hydrogen (secondary N) is 3. The maximum Gasteiger partial charge on any atom is 0.235 e. The quantitative estimate of drug-likeness (QED) is 0.0829. The molecule has 0 bridgehead atoms. The number of aromatic amines is 1. The lowest BCUT2D eigenvalue weighted by Crippen LogP contribution is -2.31. The summed E-state index contributed by atoms with van der Waals surface area (Å²) < 4.78 is 23.9. The number of rotatable bonds is 10. The molecule has 1 aliphatic rings. The fraction of sp³-hybridized carbons (Fsp3) is 0.455. The van der Waals surface area contributed by atoms with Crippen molar-refractivity contribution in [1.29, 1.82) is 0 Å². The molecule has 2 aromatic carbocycles. The summed E-state index contributed by atoms with van der Waals surface area (Å²) in [6, 6.07) is 15.6. The minimum atomic E-state index is -0.110. The largest absolute Gasteiger partial charge is 0.497 e. The molecular formula is C33H47ClN6O5S4. The molecule has 5 rings (SSSR count). The zero-order valence-electron chi connectivity index (χ0n) is 27.9. The number of hydrogen-bond donors (Lipinski definition) is 3. The predicted octanol–water partition coefficient (Wildman–Crippen LogP) is 7.89. The Labute approximate surface area is 312 Å². The number of amides is 2. The average Bonchev–Trinajstić information content (AvgIpc) is 3.89. The Morgan fingerprint density at radius 3 is 1.86 bits per heavy atom. The van der Waals surface area contributed by atoms with Crippen molar-refractivity contribution in [2.24, 2.45) is 0 Å². The van der Waals surface area contributed by atoms with Crippen LogP contribution in [0.4, 0.5) is 0 Å². The molecule has 2 amide bonds. The van der Waals surface area contributed by atoms with Gasteiger partial charge in [0.15, 0.2) is 14.1 Å². The standard InChI is InChI=1S/C14H17N3O2S2.C9H8N2OS2.C5H10ClNO.C4H8O.CH4/c1-9(2)15-12(18)8-20-14-16-13(17-21-14)10-4-6-11(19-3)7-5-10;1-12-7-4-2-6(3-5-7)8-10-9(13)14-11-8;1-4(2)7-5(8)3-6;1-2-4-5-3-1;/h4-7,9H,8H2,1-3H3,(H,15,18);2-5H,1H3,(H,10,11,13);4H,3H2,1-2H3,(H,7,8);1-4H2;1H4. The molecule has 1 fully saturated rings. The van der Waals surface area contributed by atoms with Crippen LogP contribution in [0, 0.1) is 3.95 Å². The maximum absolute atomic E-state index is 11.6. The number of aromatic nitrogens is 4. The molecule has 0 atom stereocenters. The minimum absolute atomic E-state index is 0. The van der Waals surface area contributed by atoms with E-state index in [9.17, 15) is 9.59 Å². The van der Waals surface area contributed by atoms with Gasteiger partial charge in [-0.3, -0.25) is 14.0 Å². The Hall–Kier alpha value is -3.08. The van der Waals surface area contributed by atoms with E-state index < -0.39 is 0 Å². The summed E-state index contributed by atoms with van der Waals surface area (Å²) in [5.41, 5.74) is 1.95. The monoisotopic (exact) mass is 770 g/mol. The van der Waals surface area contributed by atoms with Crippen LogP contribution in [-0.2, 0) is 14.3 Å². The predicted molar refractivity (Wildman–Crippen MR) is 206 cm³/mol. The fourth-order valence-corrected chi connectivity index (χ4v) is 5.79. The molecule has 16 heteroatoms. The van der Waals surface area contributed by atoms with Crippen molar-refractivity contribution in [3.8, 4) is 34.3 Å². The van der Waals surface area contributed by atoms with Gasteiger partial charge in [-0.2, -0.15) is 4.37 Å². The van der Waals surface area contributed by atoms with Crippen LogP contribution in [0.1, 0.15) is 48.0 Å². The highest BCUT2D eigenvalue weighted by Crippen LogP contribution is 2.26. The third-order valence-electron chi connectivity index (χ3n) is 5.73. The molecule has 3 N–H and O–H groups in total. The number of H-pyrrole nitrogens is 1. The number of carbonyl (C=O) groups excluding carboxylic acids is 2. The summed E-state index contributed by atoms with van der Waals surface area (Å²) in [5, 5.41) is 5.47. The molecule has 1 saturated heterocycles. The second-order valence-corrected chi connectivity index (χ2v) is 14.1. The molecule has 0 unspecified atom stereocenters. The number of alkyl halides is 1. The summed E-state index contributed by atoms with van der Waals surface area (Å²) in [4.78, 5) is 30.6. The second kappa shape index (κ2) is 25.0. The Bertz CT molecular complexity index is 1530. The van der Waals surface area contributed by atoms with E-state index in [0.29, 0.717) is 15.5 Å². The summed E-state index contributed by atoms with van der Waals surface area (Å²) >= 11 is 14.2. The zero-order chi connectivity index (χ0) is 35.3. The van der Waals surface area contributed by atoms with Crippen LogP contribution in [-0.4, -0.2) is 81.7 Å². The highest BCUT2D eigenvalue weighted by Gasteiger charge is 2.10. The van der Waals surface area contributed by atoms with Crippen LogP contribution in [0.3, 0.4) is 0 Å². The average molecular weight is 771 g/mol. The van der Waals surface area contributed by atoms with E-state index in [-0.39, 0.29) is 37.2 Å². The molecule has 0 saturated carbocycles. The summed E-state index contributed by atoms with van der Waals surface area (Å²) in [6.07, 6.45) is 2.56. The summed E-state index contributed by atoms with van der Waals surface area (Å²) in [5.74, 6) is 3.43. The molecule has 3 heterocycles. The molecule has 0 spiro atoms. The van der Waals surface area contributed by atoms with Crippen LogP contribution in [0.25, 0.3) is 22.8 Å². The van der Waals surface area contributed by atoms with Gasteiger partial charge in [-0.25, -0.2) is 9.97 Å². The van der Waals surface area contributed by atoms with Crippen molar-refractivity contribution in [3.63, 3.8) is 0 Å². The first kappa shape index (κ1) is 43.9. The molecule has 2 aromatic heterocycles. The lowest BCUT2D eigenvalue weighted by atomic mass is 10.2. The summed E-state index contributed by atoms with van der Waals surface area (Å²) in [6.45, 7) is 9.67. The van der Waals surface area contributed by atoms with Gasteiger partial charge >= 0.3 is 0 Å². The van der Waals surface area contributed by atoms with Crippen molar-refractivity contribution in [2.75, 3.05) is 39.1 Å². The van der Waals surface area contributed by atoms with Crippen molar-refractivity contribution < 1.29 is 23.8 Å². The normalized spacial score (nSPS) is 11.4. The van der Waals surface area contributed by atoms with Gasteiger partial charge in [-0.15, -0.1) is 11.6 Å². The topological polar surface area (TPSA) is 140 Å². The Morgan fingerprint density at radius 1 is 0.918 bits per heavy atom. The van der Waals surface area contributed by atoms with Gasteiger partial charge in [-0.05, 0) is 124 Å². The molecular weight excluding hydrogens is 724 g/mol. The van der Waals surface area contributed by atoms with Crippen LogP contribution >= 0.6 is 58.6 Å². The Kier molecular flexibility index (Phi) is 22.4. The van der Waals surface area contributed by atoms with Gasteiger partial charge in [0, 0.05) is 36.4 Å². The number of thioether (sulfide) groups is 1. The van der Waals surface area contributed by atoms with Gasteiger partial charge < -0.3 is 24.8 Å². The van der Waals surface area contributed by atoms with E-state index in [1.807, 2.05) is 76.2 Å². The van der Waals surface area contributed by atoms with Gasteiger partial charge in [-0.1, -0.05) is 19.2 Å². The van der Waals surface area contributed by atoms with Crippen molar-refractivity contribution in [2.45, 2.75) is 64.4 Å². The van der Waals surface area contributed by atoms with Gasteiger partial charge in [0.05, 0.1) is 20.0 Å². The number of nitrogens with zero attached hydrogens (tertiary/aromatic N) is 3. The molecule has 0 aliphatic carbocycles. The number of halogens is 1. The molecule has 0 radical (unpaired) electrons. The lowest BCUT2D eigenvalue weighted by Gasteiger charge is -2.06. The van der Waals surface area contributed by atoms with Crippen molar-refractivity contribution in [3.05, 3.63) is 52.5 Å². The minimum Gasteiger partial charge on any atom is -0.497 e. The van der Waals surface area contributed by atoms with E-state index in [1.54, 1.807) is 14.2 Å². The van der Waals surface area contributed by atoms with Gasteiger partial charge in [0.25, 0.3) is 0 Å². The van der Waals surface area contributed by atoms with E-state index >= 15 is 0 Å². The Morgan fingerprint density at radius 2 is 1.45 bits per heavy atom. The first-order valence-corrected chi connectivity index (χ1v) is 18.6. The number of ether oxygens (including phenoxy) is 3. The maximum atomic E-state index is 11.6. The van der Waals surface area contributed by atoms with Crippen LogP contribution in [0.5, 0.6) is 11.5 Å². The smallest absolute Gasteiger partial charge is 0.235 e. The van der Waals surface area contributed by atoms with Crippen molar-refractivity contribution >= 4 is 70.5 Å². The fourth-order valence-electron chi connectivity index (χ4n) is 3.59. The first-order valence-electron chi connectivity index (χ1n) is 15.1. The Balaban J connectivity index is 0.000000367. The number of hydrogen-bond acceptors (Lipinski definition) is 12. The highest BCUT2D eigenvalue weighted by atomic mass is 35.5. The molecule has 49 heavy (non-hydrogen) atoms. The van der Waals surface area contributed by atoms with E-state index in [1.165, 1.54) is 47.7 Å². The van der Waals surface area contributed by atoms with E-state index in [0.717, 1.165) is 46.0 Å². The molecule has 270 valence electrons. The molecule has 1 aliphatic heterocycles. The lowest BCUT2D eigenvalue weighted by molar-refractivity contribution is -0.119. The first-order chi connectivity index (χ1) is 23.0. The second-order valence-electron chi connectivity index (χ2n) is 10.5. The molecule has 4 aromatic rings. The number of benzene rings is 2. The third-order valence-corrected chi connectivity index (χ3v) is 8.71. The number of carbonyl (C=O) groups is 2. The SMILES string of the molecule is C.C1CCOC1.CC(C)NC(=O)CCl.COc1ccc(-c2nc(=S)s[nH]2)cc1.COc1ccc(-c2nsc(SCC(=O)NC(C)C)n2)cc1. The number of methoxy groups -OCH3 is 2.